The van der Waals surface area contributed by atoms with Gasteiger partial charge in [0.1, 0.15) is 5.75 Å². The molecule has 94 valence electrons. The Kier molecular flexibility index (Phi) is 3.22. The summed E-state index contributed by atoms with van der Waals surface area (Å²) < 4.78 is 5.49. The molecule has 0 fully saturated rings. The van der Waals surface area contributed by atoms with Crippen molar-refractivity contribution in [1.29, 1.82) is 0 Å². The summed E-state index contributed by atoms with van der Waals surface area (Å²) in [6, 6.07) is 6.98. The Morgan fingerprint density at radius 1 is 1.33 bits per heavy atom. The molecule has 0 saturated carbocycles. The second kappa shape index (κ2) is 4.82. The minimum atomic E-state index is -1.21. The van der Waals surface area contributed by atoms with Crippen molar-refractivity contribution in [3.05, 3.63) is 30.1 Å². The highest BCUT2D eigenvalue weighted by Gasteiger charge is 2.11. The molecular formula is C11H12N4O3. The first-order valence-electron chi connectivity index (χ1n) is 5.36. The quantitative estimate of drug-likeness (QED) is 0.872. The number of aromatic carboxylic acids is 1. The summed E-state index contributed by atoms with van der Waals surface area (Å²) in [5.74, 6) is -0.814. The monoisotopic (exact) mass is 248 g/mol. The van der Waals surface area contributed by atoms with Crippen molar-refractivity contribution in [3.8, 4) is 11.4 Å². The van der Waals surface area contributed by atoms with Crippen molar-refractivity contribution in [2.24, 2.45) is 0 Å². The second-order valence-electron chi connectivity index (χ2n) is 3.87. The SMILES string of the molecule is CC(C)Oc1ccc(-n2nnc(C(=O)O)n2)cc1. The Labute approximate surface area is 103 Å². The predicted molar refractivity (Wildman–Crippen MR) is 61.9 cm³/mol. The molecule has 0 atom stereocenters. The molecule has 7 nitrogen and oxygen atoms in total. The number of carbonyl (C=O) groups is 1. The molecule has 0 aliphatic carbocycles. The molecule has 1 N–H and O–H groups in total. The van der Waals surface area contributed by atoms with E-state index in [2.05, 4.69) is 15.4 Å². The maximum atomic E-state index is 10.6. The summed E-state index contributed by atoms with van der Waals surface area (Å²) in [5, 5.41) is 19.5. The first-order valence-corrected chi connectivity index (χ1v) is 5.36. The average Bonchev–Trinajstić information content (AvgIpc) is 2.78. The Bertz CT molecular complexity index is 548. The van der Waals surface area contributed by atoms with E-state index in [1.165, 1.54) is 0 Å². The Morgan fingerprint density at radius 2 is 2.00 bits per heavy atom. The highest BCUT2D eigenvalue weighted by atomic mass is 16.5. The number of nitrogens with zero attached hydrogens (tertiary/aromatic N) is 4. The number of hydrogen-bond acceptors (Lipinski definition) is 5. The van der Waals surface area contributed by atoms with Crippen LogP contribution < -0.4 is 4.74 Å². The van der Waals surface area contributed by atoms with E-state index in [0.29, 0.717) is 5.69 Å². The molecule has 1 aromatic carbocycles. The van der Waals surface area contributed by atoms with Crippen LogP contribution in [0.1, 0.15) is 24.5 Å². The summed E-state index contributed by atoms with van der Waals surface area (Å²) in [6.07, 6.45) is 0.0963. The molecule has 0 bridgehead atoms. The van der Waals surface area contributed by atoms with Crippen molar-refractivity contribution in [3.63, 3.8) is 0 Å². The smallest absolute Gasteiger partial charge is 0.377 e. The molecule has 0 spiro atoms. The van der Waals surface area contributed by atoms with Gasteiger partial charge in [-0.25, -0.2) is 4.79 Å². The van der Waals surface area contributed by atoms with E-state index in [1.54, 1.807) is 24.3 Å². The highest BCUT2D eigenvalue weighted by molar-refractivity contribution is 5.82. The Balaban J connectivity index is 2.20. The van der Waals surface area contributed by atoms with Crippen LogP contribution in [0.15, 0.2) is 24.3 Å². The maximum Gasteiger partial charge on any atom is 0.377 e. The minimum absolute atomic E-state index is 0.0963. The zero-order valence-electron chi connectivity index (χ0n) is 9.94. The van der Waals surface area contributed by atoms with Gasteiger partial charge in [0.25, 0.3) is 5.82 Å². The van der Waals surface area contributed by atoms with Gasteiger partial charge in [0.2, 0.25) is 0 Å². The molecular weight excluding hydrogens is 236 g/mol. The zero-order valence-corrected chi connectivity index (χ0v) is 9.94. The number of tetrazole rings is 1. The van der Waals surface area contributed by atoms with Gasteiger partial charge in [-0.1, -0.05) is 0 Å². The zero-order chi connectivity index (χ0) is 13.1. The van der Waals surface area contributed by atoms with Gasteiger partial charge >= 0.3 is 5.97 Å². The van der Waals surface area contributed by atoms with Gasteiger partial charge < -0.3 is 9.84 Å². The van der Waals surface area contributed by atoms with Gasteiger partial charge in [-0.05, 0) is 43.3 Å². The molecule has 1 aromatic heterocycles. The van der Waals surface area contributed by atoms with Gasteiger partial charge in [-0.15, -0.1) is 15.0 Å². The van der Waals surface area contributed by atoms with E-state index in [1.807, 2.05) is 13.8 Å². The number of rotatable bonds is 4. The minimum Gasteiger partial charge on any atom is -0.491 e. The van der Waals surface area contributed by atoms with E-state index in [-0.39, 0.29) is 11.9 Å². The number of hydrogen-bond donors (Lipinski definition) is 1. The number of benzene rings is 1. The molecule has 0 unspecified atom stereocenters. The number of carboxylic acid groups (broad SMARTS) is 1. The van der Waals surface area contributed by atoms with Crippen LogP contribution in [0.4, 0.5) is 0 Å². The molecule has 0 aliphatic heterocycles. The number of aromatic nitrogens is 4. The summed E-state index contributed by atoms with van der Waals surface area (Å²) in [5.41, 5.74) is 0.617. The Morgan fingerprint density at radius 3 is 2.50 bits per heavy atom. The predicted octanol–water partition coefficient (Wildman–Crippen LogP) is 1.15. The van der Waals surface area contributed by atoms with Gasteiger partial charge in [-0.3, -0.25) is 0 Å². The lowest BCUT2D eigenvalue weighted by atomic mass is 10.3. The first-order chi connectivity index (χ1) is 8.56. The van der Waals surface area contributed by atoms with Crippen molar-refractivity contribution in [2.45, 2.75) is 20.0 Å². The number of carboxylic acids is 1. The summed E-state index contributed by atoms with van der Waals surface area (Å²) in [6.45, 7) is 3.87. The normalized spacial score (nSPS) is 10.6. The van der Waals surface area contributed by atoms with E-state index in [0.717, 1.165) is 10.5 Å². The van der Waals surface area contributed by atoms with Crippen LogP contribution >= 0.6 is 0 Å². The summed E-state index contributed by atoms with van der Waals surface area (Å²) in [4.78, 5) is 11.8. The molecule has 1 heterocycles. The van der Waals surface area contributed by atoms with Crippen LogP contribution in [-0.2, 0) is 0 Å². The van der Waals surface area contributed by atoms with E-state index < -0.39 is 5.97 Å². The van der Waals surface area contributed by atoms with Crippen LogP contribution in [0.25, 0.3) is 5.69 Å². The third-order valence-corrected chi connectivity index (χ3v) is 2.04. The van der Waals surface area contributed by atoms with Crippen LogP contribution in [0.2, 0.25) is 0 Å². The van der Waals surface area contributed by atoms with E-state index in [4.69, 9.17) is 9.84 Å². The van der Waals surface area contributed by atoms with Gasteiger partial charge in [0, 0.05) is 0 Å². The second-order valence-corrected chi connectivity index (χ2v) is 3.87. The fraction of sp³-hybridized carbons (Fsp3) is 0.273. The van der Waals surface area contributed by atoms with Crippen LogP contribution in [-0.4, -0.2) is 37.4 Å². The van der Waals surface area contributed by atoms with Crippen molar-refractivity contribution < 1.29 is 14.6 Å². The van der Waals surface area contributed by atoms with Gasteiger partial charge in [0.15, 0.2) is 0 Å². The lowest BCUT2D eigenvalue weighted by Gasteiger charge is -2.09. The molecule has 2 aromatic rings. The third-order valence-electron chi connectivity index (χ3n) is 2.04. The van der Waals surface area contributed by atoms with Gasteiger partial charge in [-0.2, -0.15) is 0 Å². The molecule has 18 heavy (non-hydrogen) atoms. The van der Waals surface area contributed by atoms with Gasteiger partial charge in [0.05, 0.1) is 11.8 Å². The lowest BCUT2D eigenvalue weighted by Crippen LogP contribution is -2.06. The number of ether oxygens (including phenoxy) is 1. The highest BCUT2D eigenvalue weighted by Crippen LogP contribution is 2.15. The van der Waals surface area contributed by atoms with Crippen LogP contribution in [0, 0.1) is 0 Å². The summed E-state index contributed by atoms with van der Waals surface area (Å²) in [7, 11) is 0. The topological polar surface area (TPSA) is 90.1 Å². The average molecular weight is 248 g/mol. The fourth-order valence-corrected chi connectivity index (χ4v) is 1.34. The summed E-state index contributed by atoms with van der Waals surface area (Å²) >= 11 is 0. The van der Waals surface area contributed by atoms with Crippen molar-refractivity contribution in [2.75, 3.05) is 0 Å². The maximum absolute atomic E-state index is 10.6. The van der Waals surface area contributed by atoms with E-state index in [9.17, 15) is 4.79 Å². The fourth-order valence-electron chi connectivity index (χ4n) is 1.34. The van der Waals surface area contributed by atoms with Crippen molar-refractivity contribution >= 4 is 5.97 Å². The lowest BCUT2D eigenvalue weighted by molar-refractivity contribution is 0.0683. The molecule has 0 radical (unpaired) electrons. The molecule has 2 rings (SSSR count). The standard InChI is InChI=1S/C11H12N4O3/c1-7(2)18-9-5-3-8(4-6-9)15-13-10(11(16)17)12-14-15/h3-7H,1-2H3,(H,16,17). The molecule has 0 saturated heterocycles. The first kappa shape index (κ1) is 12.0. The molecule has 0 amide bonds. The third kappa shape index (κ3) is 2.62. The molecule has 7 heteroatoms. The largest absolute Gasteiger partial charge is 0.491 e. The Hall–Kier alpha value is -2.44. The molecule has 0 aliphatic rings. The van der Waals surface area contributed by atoms with E-state index >= 15 is 0 Å². The van der Waals surface area contributed by atoms with Crippen LogP contribution in [0.3, 0.4) is 0 Å². The van der Waals surface area contributed by atoms with Crippen LogP contribution in [0.5, 0.6) is 5.75 Å². The van der Waals surface area contributed by atoms with Crippen molar-refractivity contribution in [1.82, 2.24) is 20.2 Å².